The molecule has 17 heteroatoms. The second-order valence-corrected chi connectivity index (χ2v) is 29.2. The van der Waals surface area contributed by atoms with Crippen molar-refractivity contribution in [2.75, 3.05) is 0 Å². The Balaban J connectivity index is -0.000000214. The summed E-state index contributed by atoms with van der Waals surface area (Å²) in [7, 11) is 29.8. The van der Waals surface area contributed by atoms with Crippen molar-refractivity contribution < 1.29 is 47.0 Å². The number of hydrogen-bond acceptors (Lipinski definition) is 3. The molecule has 2 N–H and O–H groups in total. The predicted octanol–water partition coefficient (Wildman–Crippen LogP) is 8.22. The van der Waals surface area contributed by atoms with Gasteiger partial charge in [0.25, 0.3) is 0 Å². The number of halogens is 9. The van der Waals surface area contributed by atoms with Gasteiger partial charge in [-0.15, -0.1) is 0 Å². The number of benzene rings is 3. The summed E-state index contributed by atoms with van der Waals surface area (Å²) in [6.07, 6.45) is 0.827. The monoisotopic (exact) mass is 1100 g/mol. The van der Waals surface area contributed by atoms with Crippen molar-refractivity contribution in [2.45, 2.75) is 19.3 Å². The fourth-order valence-corrected chi connectivity index (χ4v) is 2.21. The summed E-state index contributed by atoms with van der Waals surface area (Å²) >= 11 is -1.03. The van der Waals surface area contributed by atoms with Crippen LogP contribution in [-0.4, -0.2) is 68.6 Å². The van der Waals surface area contributed by atoms with Crippen molar-refractivity contribution in [2.24, 2.45) is 0 Å². The molecule has 0 aliphatic heterocycles. The van der Waals surface area contributed by atoms with Crippen LogP contribution in [0.4, 0.5) is 13.2 Å². The van der Waals surface area contributed by atoms with Crippen LogP contribution >= 0.6 is 56.5 Å². The Morgan fingerprint density at radius 2 is 0.805 bits per heavy atom. The van der Waals surface area contributed by atoms with Crippen molar-refractivity contribution in [3.8, 4) is 18.2 Å². The van der Waals surface area contributed by atoms with Gasteiger partial charge in [0.2, 0.25) is 0 Å². The van der Waals surface area contributed by atoms with Gasteiger partial charge >= 0.3 is 148 Å². The van der Waals surface area contributed by atoms with Gasteiger partial charge in [0, 0.05) is 0 Å². The average Bonchev–Trinajstić information content (AvgIpc) is 2.87. The van der Waals surface area contributed by atoms with Crippen LogP contribution in [-0.2, 0) is 47.6 Å². The van der Waals surface area contributed by atoms with Crippen molar-refractivity contribution >= 4 is 120 Å². The fourth-order valence-electron chi connectivity index (χ4n) is 2.21. The Hall–Kier alpha value is 2.27. The quantitative estimate of drug-likeness (QED) is 0.247. The Morgan fingerprint density at radius 1 is 0.610 bits per heavy atom. The van der Waals surface area contributed by atoms with Crippen molar-refractivity contribution in [3.05, 3.63) is 107 Å². The van der Waals surface area contributed by atoms with E-state index in [9.17, 15) is 13.2 Å². The third-order valence-corrected chi connectivity index (χ3v) is 3.52. The van der Waals surface area contributed by atoms with E-state index in [0.29, 0.717) is 0 Å². The normalized spacial score (nSPS) is 9.02. The molecule has 0 heterocycles. The van der Waals surface area contributed by atoms with Gasteiger partial charge in [0.05, 0.1) is 37.5 Å². The van der Waals surface area contributed by atoms with Gasteiger partial charge in [-0.3, -0.25) is 0 Å². The maximum absolute atomic E-state index is 12.4. The van der Waals surface area contributed by atoms with E-state index in [1.54, 1.807) is 36.4 Å². The predicted molar refractivity (Wildman–Crippen MR) is 157 cm³/mol. The molecule has 222 valence electrons. The molecular weight excluding hydrogens is 1080 g/mol. The average molecular weight is 1100 g/mol. The number of nitrogens with zero attached hydrogens (tertiary/aromatic N) is 3. The van der Waals surface area contributed by atoms with E-state index in [4.69, 9.17) is 72.3 Å². The Bertz CT molecular complexity index is 1070. The van der Waals surface area contributed by atoms with Crippen LogP contribution in [0.5, 0.6) is 0 Å². The van der Waals surface area contributed by atoms with Crippen LogP contribution in [0.1, 0.15) is 16.7 Å². The van der Waals surface area contributed by atoms with Gasteiger partial charge in [-0.1, -0.05) is 36.4 Å². The summed E-state index contributed by atoms with van der Waals surface area (Å²) in [5.74, 6) is -0.853. The molecule has 0 saturated carbocycles. The zero-order valence-corrected chi connectivity index (χ0v) is 36.8. The van der Waals surface area contributed by atoms with E-state index in [0.717, 1.165) is 16.7 Å². The molecule has 0 spiro atoms. The molecule has 0 fully saturated rings. The van der Waals surface area contributed by atoms with E-state index >= 15 is 0 Å². The summed E-state index contributed by atoms with van der Waals surface area (Å²) in [6, 6.07) is 24.0. The molecule has 0 aliphatic carbocycles. The summed E-state index contributed by atoms with van der Waals surface area (Å²) in [5, 5.41) is 24.7. The Kier molecular flexibility index (Phi) is 43.0. The molecule has 3 rings (SSSR count). The topological polar surface area (TPSA) is 103 Å². The molecule has 41 heavy (non-hydrogen) atoms. The number of hydrogen-bond donors (Lipinski definition) is 0. The first-order chi connectivity index (χ1) is 18.9. The van der Waals surface area contributed by atoms with E-state index in [-0.39, 0.29) is 42.2 Å². The van der Waals surface area contributed by atoms with E-state index in [1.807, 2.05) is 18.2 Å². The zero-order valence-electron chi connectivity index (χ0n) is 21.4. The Morgan fingerprint density at radius 3 is 0.951 bits per heavy atom. The SMILES string of the molecule is N#CCc1cccc(F)c1.N#CCc1cccc(F)c1.N#CCc1cccc(F)c1.O.[Cl][Pt]([Cl])([Cl])[Cl].[Cl][Pt][Cl].[K][K]. The van der Waals surface area contributed by atoms with Crippen molar-refractivity contribution in [3.63, 3.8) is 0 Å². The van der Waals surface area contributed by atoms with Gasteiger partial charge in [-0.05, 0) is 53.1 Å². The fraction of sp³-hybridized carbons (Fsp3) is 0.125. The first-order valence-corrected chi connectivity index (χ1v) is 43.4. The standard InChI is InChI=1S/3C8H6FN.6ClH.2K.H2O.2Pt/c3*9-8-3-1-2-7(6-8)4-5-10;;;;;;;;;;;/h3*1-3,6H,4H2;6*1H;;;1H2;;/q;;;;;;;;;;;;+2;+4/p-6. The first-order valence-electron chi connectivity index (χ1n) is 10.5. The van der Waals surface area contributed by atoms with Crippen LogP contribution in [0.15, 0.2) is 72.8 Å². The first kappa shape index (κ1) is 50.1. The summed E-state index contributed by atoms with van der Waals surface area (Å²) in [4.78, 5) is 0. The number of rotatable bonds is 3. The summed E-state index contributed by atoms with van der Waals surface area (Å²) in [6.45, 7) is 0. The molecule has 0 amide bonds. The molecule has 3 aromatic rings. The molecule has 0 saturated heterocycles. The van der Waals surface area contributed by atoms with Gasteiger partial charge in [0.1, 0.15) is 17.5 Å². The van der Waals surface area contributed by atoms with Gasteiger partial charge in [-0.25, -0.2) is 13.2 Å². The van der Waals surface area contributed by atoms with Crippen LogP contribution in [0.3, 0.4) is 0 Å². The van der Waals surface area contributed by atoms with Crippen LogP contribution in [0.25, 0.3) is 0 Å². The molecule has 0 aromatic heterocycles. The van der Waals surface area contributed by atoms with Crippen LogP contribution in [0, 0.1) is 51.4 Å². The molecule has 3 aromatic carbocycles. The van der Waals surface area contributed by atoms with E-state index in [2.05, 4.69) is 0 Å². The van der Waals surface area contributed by atoms with Gasteiger partial charge in [-0.2, -0.15) is 15.8 Å². The minimum absolute atomic E-state index is 0. The maximum atomic E-state index is 12.4. The Labute approximate surface area is 319 Å². The van der Waals surface area contributed by atoms with Gasteiger partial charge in [0.15, 0.2) is 0 Å². The van der Waals surface area contributed by atoms with Crippen molar-refractivity contribution in [1.29, 1.82) is 15.8 Å². The molecule has 4 nitrogen and oxygen atoms in total. The molecule has 0 atom stereocenters. The third kappa shape index (κ3) is 40.2. The molecule has 0 aliphatic rings. The third-order valence-electron chi connectivity index (χ3n) is 3.52. The molecule has 0 unspecified atom stereocenters. The molecule has 0 bridgehead atoms. The summed E-state index contributed by atoms with van der Waals surface area (Å²) < 4.78 is 37.1. The van der Waals surface area contributed by atoms with Crippen molar-refractivity contribution in [1.82, 2.24) is 0 Å². The summed E-state index contributed by atoms with van der Waals surface area (Å²) in [5.41, 5.74) is 2.17. The van der Waals surface area contributed by atoms with E-state index in [1.165, 1.54) is 99.6 Å². The second-order valence-electron chi connectivity index (χ2n) is 6.21. The van der Waals surface area contributed by atoms with Crippen LogP contribution in [0.2, 0.25) is 0 Å². The second kappa shape index (κ2) is 35.1. The van der Waals surface area contributed by atoms with Gasteiger partial charge < -0.3 is 5.48 Å². The molecular formula is C24H20Cl6F3K2N3OPt2. The van der Waals surface area contributed by atoms with E-state index < -0.39 is 28.4 Å². The minimum atomic E-state index is -3.06. The number of nitriles is 3. The zero-order chi connectivity index (χ0) is 31.4. The molecule has 0 radical (unpaired) electrons. The van der Waals surface area contributed by atoms with Crippen LogP contribution < -0.4 is 0 Å².